The second-order valence-electron chi connectivity index (χ2n) is 4.32. The first-order chi connectivity index (χ1) is 8.04. The van der Waals surface area contributed by atoms with Crippen molar-refractivity contribution >= 4 is 11.6 Å². The average molecular weight is 260 g/mol. The van der Waals surface area contributed by atoms with Gasteiger partial charge < -0.3 is 10.5 Å². The fourth-order valence-electron chi connectivity index (χ4n) is 1.81. The predicted molar refractivity (Wildman–Crippen MR) is 68.9 cm³/mol. The van der Waals surface area contributed by atoms with E-state index in [4.69, 9.17) is 22.1 Å². The molecule has 1 aromatic carbocycles. The van der Waals surface area contributed by atoms with Crippen LogP contribution in [-0.4, -0.2) is 19.8 Å². The largest absolute Gasteiger partial charge is 0.383 e. The van der Waals surface area contributed by atoms with E-state index in [9.17, 15) is 4.39 Å². The molecule has 0 unspecified atom stereocenters. The minimum Gasteiger partial charge on any atom is -0.383 e. The van der Waals surface area contributed by atoms with Crippen molar-refractivity contribution in [1.82, 2.24) is 0 Å². The van der Waals surface area contributed by atoms with Crippen LogP contribution in [0.25, 0.3) is 0 Å². The summed E-state index contributed by atoms with van der Waals surface area (Å²) >= 11 is 5.79. The molecule has 1 atom stereocenters. The minimum atomic E-state index is -0.327. The maximum atomic E-state index is 13.3. The Morgan fingerprint density at radius 1 is 1.47 bits per heavy atom. The maximum absolute atomic E-state index is 13.3. The third-order valence-electron chi connectivity index (χ3n) is 2.69. The fourth-order valence-corrected chi connectivity index (χ4v) is 2.10. The van der Waals surface area contributed by atoms with E-state index in [-0.39, 0.29) is 16.9 Å². The minimum absolute atomic E-state index is 0.0667. The molecule has 0 aliphatic carbocycles. The molecule has 1 rings (SSSR count). The van der Waals surface area contributed by atoms with Gasteiger partial charge in [0.2, 0.25) is 0 Å². The van der Waals surface area contributed by atoms with Crippen LogP contribution in [0.2, 0.25) is 5.02 Å². The quantitative estimate of drug-likeness (QED) is 0.852. The third kappa shape index (κ3) is 4.62. The van der Waals surface area contributed by atoms with E-state index in [2.05, 4.69) is 0 Å². The molecule has 0 saturated carbocycles. The molecule has 0 aliphatic heterocycles. The van der Waals surface area contributed by atoms with E-state index >= 15 is 0 Å². The molecule has 2 nitrogen and oxygen atoms in total. The molecule has 96 valence electrons. The smallest absolute Gasteiger partial charge is 0.144 e. The van der Waals surface area contributed by atoms with Crippen molar-refractivity contribution < 1.29 is 9.13 Å². The average Bonchev–Trinajstić information content (AvgIpc) is 2.26. The van der Waals surface area contributed by atoms with Crippen molar-refractivity contribution in [2.24, 2.45) is 5.73 Å². The molecule has 0 radical (unpaired) electrons. The lowest BCUT2D eigenvalue weighted by Crippen LogP contribution is -2.25. The molecule has 0 aromatic heterocycles. The van der Waals surface area contributed by atoms with Crippen LogP contribution in [0.4, 0.5) is 4.39 Å². The summed E-state index contributed by atoms with van der Waals surface area (Å²) in [7, 11) is 1.64. The molecule has 0 spiro atoms. The number of hydrogen-bond donors (Lipinski definition) is 1. The number of methoxy groups -OCH3 is 1. The first-order valence-electron chi connectivity index (χ1n) is 5.73. The molecule has 0 heterocycles. The van der Waals surface area contributed by atoms with Crippen molar-refractivity contribution in [2.45, 2.75) is 32.2 Å². The van der Waals surface area contributed by atoms with Gasteiger partial charge >= 0.3 is 0 Å². The highest BCUT2D eigenvalue weighted by molar-refractivity contribution is 6.30. The van der Waals surface area contributed by atoms with Crippen LogP contribution in [0.5, 0.6) is 0 Å². The highest BCUT2D eigenvalue weighted by Crippen LogP contribution is 2.21. The van der Waals surface area contributed by atoms with E-state index in [0.717, 1.165) is 24.8 Å². The van der Waals surface area contributed by atoms with E-state index in [1.54, 1.807) is 20.1 Å². The number of halogens is 2. The Balaban J connectivity index is 2.47. The van der Waals surface area contributed by atoms with Crippen LogP contribution in [0.15, 0.2) is 12.1 Å². The van der Waals surface area contributed by atoms with Crippen LogP contribution in [0, 0.1) is 12.7 Å². The van der Waals surface area contributed by atoms with Crippen molar-refractivity contribution in [3.8, 4) is 0 Å². The number of nitrogens with two attached hydrogens (primary N) is 1. The van der Waals surface area contributed by atoms with Gasteiger partial charge in [0.15, 0.2) is 0 Å². The van der Waals surface area contributed by atoms with E-state index in [1.807, 2.05) is 6.07 Å². The van der Waals surface area contributed by atoms with Gasteiger partial charge in [-0.05, 0) is 43.4 Å². The lowest BCUT2D eigenvalue weighted by molar-refractivity contribution is 0.176. The molecule has 4 heteroatoms. The van der Waals surface area contributed by atoms with E-state index in [1.165, 1.54) is 0 Å². The van der Waals surface area contributed by atoms with Gasteiger partial charge in [0.05, 0.1) is 11.6 Å². The lowest BCUT2D eigenvalue weighted by Gasteiger charge is -2.10. The van der Waals surface area contributed by atoms with Gasteiger partial charge in [-0.2, -0.15) is 0 Å². The Hall–Kier alpha value is -0.640. The summed E-state index contributed by atoms with van der Waals surface area (Å²) in [6.45, 7) is 2.30. The Kier molecular flexibility index (Phi) is 5.89. The number of ether oxygens (including phenoxy) is 1. The van der Waals surface area contributed by atoms with Crippen molar-refractivity contribution in [3.63, 3.8) is 0 Å². The highest BCUT2D eigenvalue weighted by atomic mass is 35.5. The summed E-state index contributed by atoms with van der Waals surface area (Å²) in [5.74, 6) is -0.327. The summed E-state index contributed by atoms with van der Waals surface area (Å²) in [6, 6.07) is 3.59. The summed E-state index contributed by atoms with van der Waals surface area (Å²) in [5, 5.41) is 0.196. The van der Waals surface area contributed by atoms with Gasteiger partial charge in [-0.25, -0.2) is 4.39 Å². The van der Waals surface area contributed by atoms with Crippen LogP contribution < -0.4 is 5.73 Å². The molecule has 2 N–H and O–H groups in total. The highest BCUT2D eigenvalue weighted by Gasteiger charge is 2.07. The standard InChI is InChI=1S/C13H19ClFNO/c1-9-6-10(7-12(14)13(9)15)4-3-5-11(16)8-17-2/h6-7,11H,3-5,8,16H2,1-2H3/t11-/m1/s1. The van der Waals surface area contributed by atoms with Gasteiger partial charge in [-0.15, -0.1) is 0 Å². The molecule has 0 aliphatic rings. The number of aryl methyl sites for hydroxylation is 2. The molecule has 0 saturated heterocycles. The van der Waals surface area contributed by atoms with Crippen LogP contribution in [0.1, 0.15) is 24.0 Å². The summed E-state index contributed by atoms with van der Waals surface area (Å²) in [5.41, 5.74) is 7.47. The van der Waals surface area contributed by atoms with Crippen molar-refractivity contribution in [3.05, 3.63) is 34.1 Å². The lowest BCUT2D eigenvalue weighted by atomic mass is 10.0. The van der Waals surface area contributed by atoms with E-state index in [0.29, 0.717) is 12.2 Å². The first-order valence-corrected chi connectivity index (χ1v) is 6.11. The second kappa shape index (κ2) is 6.94. The van der Waals surface area contributed by atoms with Gasteiger partial charge in [0, 0.05) is 13.2 Å². The van der Waals surface area contributed by atoms with Crippen molar-refractivity contribution in [1.29, 1.82) is 0 Å². The molecule has 0 amide bonds. The Morgan fingerprint density at radius 3 is 2.76 bits per heavy atom. The molecule has 1 aromatic rings. The third-order valence-corrected chi connectivity index (χ3v) is 2.97. The van der Waals surface area contributed by atoms with Gasteiger partial charge in [-0.1, -0.05) is 17.7 Å². The zero-order valence-electron chi connectivity index (χ0n) is 10.3. The molecular weight excluding hydrogens is 241 g/mol. The van der Waals surface area contributed by atoms with Crippen molar-refractivity contribution in [2.75, 3.05) is 13.7 Å². The molecule has 17 heavy (non-hydrogen) atoms. The topological polar surface area (TPSA) is 35.2 Å². The number of hydrogen-bond acceptors (Lipinski definition) is 2. The van der Waals surface area contributed by atoms with Crippen LogP contribution >= 0.6 is 11.6 Å². The molecule has 0 fully saturated rings. The Labute approximate surface area is 107 Å². The summed E-state index contributed by atoms with van der Waals surface area (Å²) in [4.78, 5) is 0. The summed E-state index contributed by atoms with van der Waals surface area (Å²) in [6.07, 6.45) is 2.70. The summed E-state index contributed by atoms with van der Waals surface area (Å²) < 4.78 is 18.3. The normalized spacial score (nSPS) is 12.8. The Bertz CT molecular complexity index is 347. The van der Waals surface area contributed by atoms with Gasteiger partial charge in [0.25, 0.3) is 0 Å². The predicted octanol–water partition coefficient (Wildman–Crippen LogP) is 3.08. The molecular formula is C13H19ClFNO. The maximum Gasteiger partial charge on any atom is 0.144 e. The fraction of sp³-hybridized carbons (Fsp3) is 0.538. The first kappa shape index (κ1) is 14.4. The van der Waals surface area contributed by atoms with Crippen LogP contribution in [-0.2, 0) is 11.2 Å². The molecule has 0 bridgehead atoms. The SMILES string of the molecule is COC[C@H](N)CCCc1cc(C)c(F)c(Cl)c1. The zero-order chi connectivity index (χ0) is 12.8. The number of benzene rings is 1. The Morgan fingerprint density at radius 2 is 2.18 bits per heavy atom. The number of rotatable bonds is 6. The van der Waals surface area contributed by atoms with E-state index < -0.39 is 0 Å². The zero-order valence-corrected chi connectivity index (χ0v) is 11.1. The van der Waals surface area contributed by atoms with Gasteiger partial charge in [0.1, 0.15) is 5.82 Å². The monoisotopic (exact) mass is 259 g/mol. The second-order valence-corrected chi connectivity index (χ2v) is 4.72. The van der Waals surface area contributed by atoms with Gasteiger partial charge in [-0.3, -0.25) is 0 Å². The van der Waals surface area contributed by atoms with Crippen LogP contribution in [0.3, 0.4) is 0 Å².